The summed E-state index contributed by atoms with van der Waals surface area (Å²) < 4.78 is 5.74. The van der Waals surface area contributed by atoms with E-state index in [0.29, 0.717) is 5.56 Å². The highest BCUT2D eigenvalue weighted by Crippen LogP contribution is 2.23. The fraction of sp³-hybridized carbons (Fsp3) is 0.417. The average molecular weight is 217 g/mol. The molecule has 1 aliphatic carbocycles. The molecule has 4 nitrogen and oxygen atoms in total. The van der Waals surface area contributed by atoms with Gasteiger partial charge >= 0.3 is 0 Å². The van der Waals surface area contributed by atoms with Gasteiger partial charge in [0.05, 0.1) is 11.6 Å². The largest absolute Gasteiger partial charge is 0.489 e. The average Bonchev–Trinajstić information content (AvgIpc) is 2.59. The van der Waals surface area contributed by atoms with Gasteiger partial charge < -0.3 is 16.2 Å². The van der Waals surface area contributed by atoms with Crippen molar-refractivity contribution in [1.29, 1.82) is 5.26 Å². The predicted octanol–water partition coefficient (Wildman–Crippen LogP) is 0.754. The maximum Gasteiger partial charge on any atom is 0.119 e. The summed E-state index contributed by atoms with van der Waals surface area (Å²) in [5, 5.41) is 8.66. The molecule has 1 aromatic rings. The molecule has 0 spiro atoms. The van der Waals surface area contributed by atoms with Gasteiger partial charge in [-0.2, -0.15) is 5.26 Å². The highest BCUT2D eigenvalue weighted by atomic mass is 16.5. The number of nitrogens with two attached hydrogens (primary N) is 2. The van der Waals surface area contributed by atoms with Gasteiger partial charge in [-0.25, -0.2) is 0 Å². The zero-order chi connectivity index (χ0) is 11.5. The second kappa shape index (κ2) is 4.52. The molecule has 2 rings (SSSR count). The van der Waals surface area contributed by atoms with Crippen molar-refractivity contribution in [1.82, 2.24) is 0 Å². The van der Waals surface area contributed by atoms with Crippen LogP contribution in [0, 0.1) is 11.3 Å². The van der Waals surface area contributed by atoms with Gasteiger partial charge in [0.1, 0.15) is 11.9 Å². The van der Waals surface area contributed by atoms with Crippen LogP contribution >= 0.6 is 0 Å². The topological polar surface area (TPSA) is 85.1 Å². The van der Waals surface area contributed by atoms with Crippen molar-refractivity contribution in [3.63, 3.8) is 0 Å². The lowest BCUT2D eigenvalue weighted by molar-refractivity contribution is 0.190. The molecule has 16 heavy (non-hydrogen) atoms. The number of nitrogens with zero attached hydrogens (tertiary/aromatic N) is 1. The maximum absolute atomic E-state index is 8.66. The van der Waals surface area contributed by atoms with E-state index in [0.717, 1.165) is 18.6 Å². The number of hydrogen-bond donors (Lipinski definition) is 2. The van der Waals surface area contributed by atoms with Crippen molar-refractivity contribution in [3.8, 4) is 11.8 Å². The van der Waals surface area contributed by atoms with Crippen LogP contribution in [0.5, 0.6) is 5.75 Å². The molecule has 0 bridgehead atoms. The van der Waals surface area contributed by atoms with Crippen LogP contribution in [0.25, 0.3) is 0 Å². The molecule has 4 heteroatoms. The summed E-state index contributed by atoms with van der Waals surface area (Å²) in [4.78, 5) is 0. The normalized spacial score (nSPS) is 28.7. The van der Waals surface area contributed by atoms with E-state index in [9.17, 15) is 0 Å². The van der Waals surface area contributed by atoms with Crippen LogP contribution in [0.15, 0.2) is 24.3 Å². The van der Waals surface area contributed by atoms with Crippen LogP contribution in [0.2, 0.25) is 0 Å². The molecule has 4 N–H and O–H groups in total. The fourth-order valence-corrected chi connectivity index (χ4v) is 1.99. The zero-order valence-electron chi connectivity index (χ0n) is 8.97. The molecule has 0 aromatic heterocycles. The highest BCUT2D eigenvalue weighted by molar-refractivity contribution is 5.34. The lowest BCUT2D eigenvalue weighted by Gasteiger charge is -2.17. The predicted molar refractivity (Wildman–Crippen MR) is 60.8 cm³/mol. The summed E-state index contributed by atoms with van der Waals surface area (Å²) in [5.74, 6) is 0.744. The number of hydrogen-bond acceptors (Lipinski definition) is 4. The number of rotatable bonds is 2. The molecule has 0 radical (unpaired) electrons. The van der Waals surface area contributed by atoms with Gasteiger partial charge in [-0.1, -0.05) is 0 Å². The molecule has 1 aromatic carbocycles. The first kappa shape index (κ1) is 10.9. The SMILES string of the molecule is N#Cc1ccc(O[C@@H]2C[C@@H](N)C[C@H]2N)cc1. The molecule has 1 saturated carbocycles. The van der Waals surface area contributed by atoms with Gasteiger partial charge in [-0.3, -0.25) is 0 Å². The third kappa shape index (κ3) is 2.32. The number of nitriles is 1. The van der Waals surface area contributed by atoms with E-state index < -0.39 is 0 Å². The minimum Gasteiger partial charge on any atom is -0.489 e. The molecule has 0 aliphatic heterocycles. The van der Waals surface area contributed by atoms with Crippen molar-refractivity contribution >= 4 is 0 Å². The summed E-state index contributed by atoms with van der Waals surface area (Å²) in [6.07, 6.45) is 1.59. The van der Waals surface area contributed by atoms with E-state index in [4.69, 9.17) is 21.5 Å². The summed E-state index contributed by atoms with van der Waals surface area (Å²) in [5.41, 5.74) is 12.4. The van der Waals surface area contributed by atoms with Crippen molar-refractivity contribution in [2.45, 2.75) is 31.0 Å². The fourth-order valence-electron chi connectivity index (χ4n) is 1.99. The Labute approximate surface area is 94.8 Å². The second-order valence-electron chi connectivity index (χ2n) is 4.19. The van der Waals surface area contributed by atoms with Gasteiger partial charge in [-0.05, 0) is 30.7 Å². The van der Waals surface area contributed by atoms with E-state index in [-0.39, 0.29) is 18.2 Å². The molecule has 1 aliphatic rings. The van der Waals surface area contributed by atoms with E-state index in [1.807, 2.05) is 0 Å². The van der Waals surface area contributed by atoms with Crippen molar-refractivity contribution in [2.75, 3.05) is 0 Å². The van der Waals surface area contributed by atoms with E-state index >= 15 is 0 Å². The minimum atomic E-state index is -0.0112. The third-order valence-electron chi connectivity index (χ3n) is 2.86. The van der Waals surface area contributed by atoms with E-state index in [1.54, 1.807) is 24.3 Å². The molecule has 1 fully saturated rings. The molecule has 3 atom stereocenters. The molecular weight excluding hydrogens is 202 g/mol. The Morgan fingerprint density at radius 3 is 2.38 bits per heavy atom. The van der Waals surface area contributed by atoms with E-state index in [1.165, 1.54) is 0 Å². The summed E-state index contributed by atoms with van der Waals surface area (Å²) in [6.45, 7) is 0. The van der Waals surface area contributed by atoms with Crippen LogP contribution < -0.4 is 16.2 Å². The van der Waals surface area contributed by atoms with Crippen LogP contribution in [0.1, 0.15) is 18.4 Å². The minimum absolute atomic E-state index is 0.00523. The zero-order valence-corrected chi connectivity index (χ0v) is 8.97. The summed E-state index contributed by atoms with van der Waals surface area (Å²) >= 11 is 0. The Morgan fingerprint density at radius 2 is 1.88 bits per heavy atom. The first-order valence-electron chi connectivity index (χ1n) is 5.37. The Balaban J connectivity index is 2.01. The Bertz CT molecular complexity index is 396. The highest BCUT2D eigenvalue weighted by Gasteiger charge is 2.31. The molecular formula is C12H15N3O. The summed E-state index contributed by atoms with van der Waals surface area (Å²) in [6, 6.07) is 9.24. The van der Waals surface area contributed by atoms with Gasteiger partial charge in [-0.15, -0.1) is 0 Å². The molecule has 0 heterocycles. The second-order valence-corrected chi connectivity index (χ2v) is 4.19. The maximum atomic E-state index is 8.66. The summed E-state index contributed by atoms with van der Waals surface area (Å²) in [7, 11) is 0. The first-order valence-corrected chi connectivity index (χ1v) is 5.37. The Morgan fingerprint density at radius 1 is 1.19 bits per heavy atom. The van der Waals surface area contributed by atoms with Crippen LogP contribution in [-0.4, -0.2) is 18.2 Å². The monoisotopic (exact) mass is 217 g/mol. The molecule has 84 valence electrons. The molecule has 0 unspecified atom stereocenters. The van der Waals surface area contributed by atoms with Crippen LogP contribution in [0.4, 0.5) is 0 Å². The first-order chi connectivity index (χ1) is 7.69. The lowest BCUT2D eigenvalue weighted by Crippen LogP contribution is -2.33. The van der Waals surface area contributed by atoms with E-state index in [2.05, 4.69) is 6.07 Å². The Kier molecular flexibility index (Phi) is 3.09. The number of benzene rings is 1. The van der Waals surface area contributed by atoms with Crippen molar-refractivity contribution < 1.29 is 4.74 Å². The smallest absolute Gasteiger partial charge is 0.119 e. The van der Waals surface area contributed by atoms with Gasteiger partial charge in [0.15, 0.2) is 0 Å². The quantitative estimate of drug-likeness (QED) is 0.765. The number of ether oxygens (including phenoxy) is 1. The van der Waals surface area contributed by atoms with Gasteiger partial charge in [0.2, 0.25) is 0 Å². The van der Waals surface area contributed by atoms with Crippen LogP contribution in [0.3, 0.4) is 0 Å². The lowest BCUT2D eigenvalue weighted by atomic mass is 10.2. The van der Waals surface area contributed by atoms with Gasteiger partial charge in [0.25, 0.3) is 0 Å². The third-order valence-corrected chi connectivity index (χ3v) is 2.86. The van der Waals surface area contributed by atoms with Crippen LogP contribution in [-0.2, 0) is 0 Å². The van der Waals surface area contributed by atoms with Crippen molar-refractivity contribution in [2.24, 2.45) is 11.5 Å². The Hall–Kier alpha value is -1.57. The molecule has 0 saturated heterocycles. The van der Waals surface area contributed by atoms with Crippen molar-refractivity contribution in [3.05, 3.63) is 29.8 Å². The molecule has 0 amide bonds. The van der Waals surface area contributed by atoms with Gasteiger partial charge in [0, 0.05) is 18.5 Å². The standard InChI is InChI=1S/C12H15N3O/c13-7-8-1-3-10(4-2-8)16-12-6-9(14)5-11(12)15/h1-4,9,11-12H,5-6,14-15H2/t9-,11+,12+/m0/s1.